The number of nitrogens with one attached hydrogen (secondary N) is 2. The summed E-state index contributed by atoms with van der Waals surface area (Å²) < 4.78 is 65.4. The Hall–Kier alpha value is -2.49. The van der Waals surface area contributed by atoms with E-state index in [4.69, 9.17) is 0 Å². The van der Waals surface area contributed by atoms with Crippen molar-refractivity contribution in [2.75, 3.05) is 5.32 Å². The van der Waals surface area contributed by atoms with Gasteiger partial charge in [-0.25, -0.2) is 22.4 Å². The average Bonchev–Trinajstić information content (AvgIpc) is 2.80. The third kappa shape index (κ3) is 3.65. The number of rotatable bonds is 3. The van der Waals surface area contributed by atoms with Crippen LogP contribution in [0, 0.1) is 16.8 Å². The average molecular weight is 350 g/mol. The van der Waals surface area contributed by atoms with Crippen LogP contribution in [0.4, 0.5) is 32.4 Å². The van der Waals surface area contributed by atoms with Crippen LogP contribution in [0.15, 0.2) is 23.6 Å². The molecule has 0 bridgehead atoms. The summed E-state index contributed by atoms with van der Waals surface area (Å²) >= 11 is 0.327. The third-order valence-corrected chi connectivity index (χ3v) is 3.45. The van der Waals surface area contributed by atoms with Gasteiger partial charge in [0, 0.05) is 5.38 Å². The smallest absolute Gasteiger partial charge is 0.304 e. The van der Waals surface area contributed by atoms with Gasteiger partial charge in [0.15, 0.2) is 0 Å². The number of hydrogen-bond acceptors (Lipinski definition) is 3. The summed E-state index contributed by atoms with van der Waals surface area (Å²) in [6.45, 7) is 0. The Morgan fingerprint density at radius 2 is 1.70 bits per heavy atom. The van der Waals surface area contributed by atoms with E-state index < -0.39 is 51.9 Å². The minimum absolute atomic E-state index is 0.327. The van der Waals surface area contributed by atoms with Gasteiger partial charge in [0.2, 0.25) is 5.13 Å². The monoisotopic (exact) mass is 350 g/mol. The van der Waals surface area contributed by atoms with E-state index in [-0.39, 0.29) is 0 Å². The Balaban J connectivity index is 2.14. The molecule has 3 amide bonds. The number of carbonyl (C=O) groups excluding carboxylic acids is 2. The second-order valence-electron chi connectivity index (χ2n) is 4.15. The van der Waals surface area contributed by atoms with Gasteiger partial charge in [-0.3, -0.25) is 10.1 Å². The van der Waals surface area contributed by atoms with Crippen molar-refractivity contribution in [3.63, 3.8) is 0 Å². The molecular formula is C13H7F5N2O2S. The Morgan fingerprint density at radius 1 is 1.09 bits per heavy atom. The van der Waals surface area contributed by atoms with Gasteiger partial charge in [-0.1, -0.05) is 6.07 Å². The van der Waals surface area contributed by atoms with Crippen LogP contribution in [0.5, 0.6) is 0 Å². The molecule has 2 N–H and O–H groups in total. The van der Waals surface area contributed by atoms with Crippen molar-refractivity contribution in [1.82, 2.24) is 5.32 Å². The number of urea groups is 1. The van der Waals surface area contributed by atoms with Crippen LogP contribution in [-0.2, 0) is 0 Å². The van der Waals surface area contributed by atoms with Gasteiger partial charge in [0.05, 0.1) is 11.3 Å². The molecule has 2 rings (SSSR count). The maximum atomic E-state index is 13.4. The zero-order valence-corrected chi connectivity index (χ0v) is 11.8. The van der Waals surface area contributed by atoms with Crippen molar-refractivity contribution in [3.8, 4) is 0 Å². The molecule has 0 aliphatic carbocycles. The largest absolute Gasteiger partial charge is 0.326 e. The standard InChI is InChI=1S/C13H7F5N2O2S/c14-6-2-1-3-7(15)8(6)12(21)20-13(22)19-9-5(10(16)17)4-23-11(9)18/h1-4,10H,(H2,19,20,21,22). The molecule has 0 aliphatic rings. The predicted octanol–water partition coefficient (Wildman–Crippen LogP) is 4.06. The molecule has 0 fully saturated rings. The van der Waals surface area contributed by atoms with Gasteiger partial charge in [-0.05, 0) is 12.1 Å². The molecule has 0 aliphatic heterocycles. The molecule has 2 aromatic rings. The molecule has 10 heteroatoms. The number of hydrogen-bond donors (Lipinski definition) is 2. The van der Waals surface area contributed by atoms with E-state index in [1.54, 1.807) is 5.32 Å². The van der Waals surface area contributed by atoms with Gasteiger partial charge in [-0.15, -0.1) is 11.3 Å². The molecule has 23 heavy (non-hydrogen) atoms. The highest BCUT2D eigenvalue weighted by atomic mass is 32.1. The molecule has 0 saturated carbocycles. The predicted molar refractivity (Wildman–Crippen MR) is 72.1 cm³/mol. The fraction of sp³-hybridized carbons (Fsp3) is 0.0769. The van der Waals surface area contributed by atoms with Crippen molar-refractivity contribution in [1.29, 1.82) is 0 Å². The van der Waals surface area contributed by atoms with E-state index in [1.807, 2.05) is 0 Å². The minimum atomic E-state index is -3.05. The van der Waals surface area contributed by atoms with Crippen LogP contribution in [0.25, 0.3) is 0 Å². The van der Waals surface area contributed by atoms with Crippen molar-refractivity contribution in [2.24, 2.45) is 0 Å². The topological polar surface area (TPSA) is 58.2 Å². The molecule has 0 radical (unpaired) electrons. The van der Waals surface area contributed by atoms with Crippen LogP contribution in [0.3, 0.4) is 0 Å². The van der Waals surface area contributed by atoms with E-state index in [1.165, 1.54) is 5.32 Å². The van der Waals surface area contributed by atoms with Gasteiger partial charge in [0.1, 0.15) is 17.2 Å². The molecule has 0 spiro atoms. The summed E-state index contributed by atoms with van der Waals surface area (Å²) in [5.41, 5.74) is -2.60. The zero-order chi connectivity index (χ0) is 17.1. The fourth-order valence-corrected chi connectivity index (χ4v) is 2.39. The van der Waals surface area contributed by atoms with Crippen LogP contribution < -0.4 is 10.6 Å². The number of thiophene rings is 1. The lowest BCUT2D eigenvalue weighted by Crippen LogP contribution is -2.35. The Labute approximate surface area is 129 Å². The van der Waals surface area contributed by atoms with E-state index in [2.05, 4.69) is 0 Å². The highest BCUT2D eigenvalue weighted by Crippen LogP contribution is 2.33. The summed E-state index contributed by atoms with van der Waals surface area (Å²) in [4.78, 5) is 23.2. The molecule has 0 atom stereocenters. The third-order valence-electron chi connectivity index (χ3n) is 2.67. The van der Waals surface area contributed by atoms with Crippen molar-refractivity contribution in [3.05, 3.63) is 51.5 Å². The lowest BCUT2D eigenvalue weighted by atomic mass is 10.2. The Morgan fingerprint density at radius 3 is 2.26 bits per heavy atom. The maximum Gasteiger partial charge on any atom is 0.326 e. The molecule has 4 nitrogen and oxygen atoms in total. The highest BCUT2D eigenvalue weighted by molar-refractivity contribution is 7.08. The lowest BCUT2D eigenvalue weighted by Gasteiger charge is -2.08. The molecular weight excluding hydrogens is 343 g/mol. The molecule has 1 aromatic heterocycles. The number of anilines is 1. The lowest BCUT2D eigenvalue weighted by molar-refractivity contribution is 0.0959. The molecule has 1 heterocycles. The second-order valence-corrected chi connectivity index (χ2v) is 4.98. The Kier molecular flexibility index (Phi) is 4.94. The first-order valence-electron chi connectivity index (χ1n) is 5.92. The quantitative estimate of drug-likeness (QED) is 0.820. The molecule has 1 aromatic carbocycles. The maximum absolute atomic E-state index is 13.4. The minimum Gasteiger partial charge on any atom is -0.304 e. The van der Waals surface area contributed by atoms with Gasteiger partial charge >= 0.3 is 6.03 Å². The molecule has 0 saturated heterocycles. The van der Waals surface area contributed by atoms with Gasteiger partial charge < -0.3 is 5.32 Å². The SMILES string of the molecule is O=C(NC(=O)c1c(F)cccc1F)Nc1c(C(F)F)csc1F. The van der Waals surface area contributed by atoms with Crippen LogP contribution >= 0.6 is 11.3 Å². The first-order chi connectivity index (χ1) is 10.8. The summed E-state index contributed by atoms with van der Waals surface area (Å²) in [7, 11) is 0. The van der Waals surface area contributed by atoms with Crippen molar-refractivity contribution < 1.29 is 31.5 Å². The zero-order valence-electron chi connectivity index (χ0n) is 11.0. The molecule has 0 unspecified atom stereocenters. The van der Waals surface area contributed by atoms with E-state index in [9.17, 15) is 31.5 Å². The van der Waals surface area contributed by atoms with Crippen LogP contribution in [-0.4, -0.2) is 11.9 Å². The second kappa shape index (κ2) is 6.73. The summed E-state index contributed by atoms with van der Waals surface area (Å²) in [6.07, 6.45) is -3.05. The number of alkyl halides is 2. The first-order valence-corrected chi connectivity index (χ1v) is 6.80. The summed E-state index contributed by atoms with van der Waals surface area (Å²) in [5, 5.41) is 2.96. The van der Waals surface area contributed by atoms with Crippen LogP contribution in [0.1, 0.15) is 22.3 Å². The number of amides is 3. The van der Waals surface area contributed by atoms with E-state index in [0.29, 0.717) is 11.3 Å². The van der Waals surface area contributed by atoms with Crippen molar-refractivity contribution in [2.45, 2.75) is 6.43 Å². The Bertz CT molecular complexity index is 743. The normalized spacial score (nSPS) is 10.7. The van der Waals surface area contributed by atoms with Gasteiger partial charge in [0.25, 0.3) is 12.3 Å². The first kappa shape index (κ1) is 16.9. The van der Waals surface area contributed by atoms with Gasteiger partial charge in [-0.2, -0.15) is 4.39 Å². The summed E-state index contributed by atoms with van der Waals surface area (Å²) in [5.74, 6) is -3.87. The highest BCUT2D eigenvalue weighted by Gasteiger charge is 2.23. The van der Waals surface area contributed by atoms with E-state index in [0.717, 1.165) is 23.6 Å². The van der Waals surface area contributed by atoms with Crippen molar-refractivity contribution >= 4 is 29.0 Å². The number of imide groups is 1. The number of halogens is 5. The fourth-order valence-electron chi connectivity index (χ4n) is 1.65. The summed E-state index contributed by atoms with van der Waals surface area (Å²) in [6, 6.07) is 1.20. The molecule has 122 valence electrons. The van der Waals surface area contributed by atoms with Crippen LogP contribution in [0.2, 0.25) is 0 Å². The number of carbonyl (C=O) groups is 2. The van der Waals surface area contributed by atoms with E-state index >= 15 is 0 Å². The number of benzene rings is 1.